The summed E-state index contributed by atoms with van der Waals surface area (Å²) in [7, 11) is -0.111. The van der Waals surface area contributed by atoms with E-state index >= 15 is 0 Å². The Hall–Kier alpha value is -1.11. The molecule has 0 saturated heterocycles. The predicted octanol–water partition coefficient (Wildman–Crippen LogP) is 0.810. The Kier molecular flexibility index (Phi) is 5.13. The minimum Gasteiger partial charge on any atom is -0.496 e. The van der Waals surface area contributed by atoms with E-state index in [0.29, 0.717) is 29.3 Å². The highest BCUT2D eigenvalue weighted by atomic mass is 32.2. The van der Waals surface area contributed by atoms with Crippen molar-refractivity contribution in [3.8, 4) is 5.75 Å². The van der Waals surface area contributed by atoms with Crippen LogP contribution in [0.1, 0.15) is 11.1 Å². The minimum absolute atomic E-state index is 0.303. The van der Waals surface area contributed by atoms with Crippen molar-refractivity contribution in [3.63, 3.8) is 0 Å². The number of rotatable bonds is 6. The summed E-state index contributed by atoms with van der Waals surface area (Å²) in [6.45, 7) is 4.54. The predicted molar refractivity (Wildman–Crippen MR) is 71.6 cm³/mol. The standard InChI is InChI=1S/C12H20N2O3S/c1-9-8-12(10(2)7-11(9)17-4)18(15,16)14-6-5-13-3/h7-8,13-14H,5-6H2,1-4H3. The molecular formula is C12H20N2O3S. The lowest BCUT2D eigenvalue weighted by molar-refractivity contribution is 0.411. The van der Waals surface area contributed by atoms with Crippen LogP contribution in [0.5, 0.6) is 5.75 Å². The molecule has 18 heavy (non-hydrogen) atoms. The monoisotopic (exact) mass is 272 g/mol. The van der Waals surface area contributed by atoms with E-state index in [9.17, 15) is 8.42 Å². The summed E-state index contributed by atoms with van der Waals surface area (Å²) in [5.74, 6) is 0.696. The maximum atomic E-state index is 12.1. The van der Waals surface area contributed by atoms with E-state index < -0.39 is 10.0 Å². The molecular weight excluding hydrogens is 252 g/mol. The third-order valence-corrected chi connectivity index (χ3v) is 4.25. The smallest absolute Gasteiger partial charge is 0.240 e. The molecule has 1 rings (SSSR count). The molecule has 1 aromatic carbocycles. The summed E-state index contributed by atoms with van der Waals surface area (Å²) in [4.78, 5) is 0.303. The van der Waals surface area contributed by atoms with E-state index in [1.165, 1.54) is 0 Å². The normalized spacial score (nSPS) is 11.6. The molecule has 2 N–H and O–H groups in total. The van der Waals surface area contributed by atoms with Crippen molar-refractivity contribution < 1.29 is 13.2 Å². The summed E-state index contributed by atoms with van der Waals surface area (Å²) >= 11 is 0. The van der Waals surface area contributed by atoms with Crippen molar-refractivity contribution >= 4 is 10.0 Å². The Bertz CT molecular complexity index is 512. The number of methoxy groups -OCH3 is 1. The van der Waals surface area contributed by atoms with Crippen molar-refractivity contribution in [3.05, 3.63) is 23.3 Å². The highest BCUT2D eigenvalue weighted by molar-refractivity contribution is 7.89. The van der Waals surface area contributed by atoms with Gasteiger partial charge in [0.2, 0.25) is 10.0 Å². The Balaban J connectivity index is 3.05. The van der Waals surface area contributed by atoms with Crippen LogP contribution >= 0.6 is 0 Å². The zero-order valence-electron chi connectivity index (χ0n) is 11.2. The quantitative estimate of drug-likeness (QED) is 0.752. The van der Waals surface area contributed by atoms with Gasteiger partial charge in [0.1, 0.15) is 5.75 Å². The van der Waals surface area contributed by atoms with Crippen LogP contribution in [0.3, 0.4) is 0 Å². The fraction of sp³-hybridized carbons (Fsp3) is 0.500. The van der Waals surface area contributed by atoms with Gasteiger partial charge in [0, 0.05) is 13.1 Å². The minimum atomic E-state index is -3.46. The summed E-state index contributed by atoms with van der Waals surface area (Å²) < 4.78 is 31.9. The summed E-state index contributed by atoms with van der Waals surface area (Å²) in [5, 5.41) is 2.89. The lowest BCUT2D eigenvalue weighted by atomic mass is 10.1. The van der Waals surface area contributed by atoms with Crippen LogP contribution in [-0.4, -0.2) is 35.7 Å². The van der Waals surface area contributed by atoms with Crippen LogP contribution < -0.4 is 14.8 Å². The van der Waals surface area contributed by atoms with Gasteiger partial charge in [0.05, 0.1) is 12.0 Å². The maximum absolute atomic E-state index is 12.1. The fourth-order valence-electron chi connectivity index (χ4n) is 1.66. The van der Waals surface area contributed by atoms with Crippen molar-refractivity contribution in [1.82, 2.24) is 10.0 Å². The van der Waals surface area contributed by atoms with E-state index in [4.69, 9.17) is 4.74 Å². The highest BCUT2D eigenvalue weighted by Crippen LogP contribution is 2.25. The lowest BCUT2D eigenvalue weighted by Crippen LogP contribution is -2.31. The van der Waals surface area contributed by atoms with E-state index in [2.05, 4.69) is 10.0 Å². The van der Waals surface area contributed by atoms with Gasteiger partial charge in [-0.05, 0) is 44.2 Å². The first-order valence-electron chi connectivity index (χ1n) is 5.72. The molecule has 0 aliphatic carbocycles. The van der Waals surface area contributed by atoms with Gasteiger partial charge in [0.25, 0.3) is 0 Å². The van der Waals surface area contributed by atoms with Crippen molar-refractivity contribution in [2.45, 2.75) is 18.7 Å². The first kappa shape index (κ1) is 14.9. The van der Waals surface area contributed by atoms with Crippen molar-refractivity contribution in [2.24, 2.45) is 0 Å². The van der Waals surface area contributed by atoms with Crippen LogP contribution in [0, 0.1) is 13.8 Å². The molecule has 0 amide bonds. The molecule has 1 aromatic rings. The van der Waals surface area contributed by atoms with Gasteiger partial charge in [-0.1, -0.05) is 0 Å². The molecule has 0 atom stereocenters. The third-order valence-electron chi connectivity index (χ3n) is 2.65. The van der Waals surface area contributed by atoms with Gasteiger partial charge in [0.15, 0.2) is 0 Å². The lowest BCUT2D eigenvalue weighted by Gasteiger charge is -2.12. The van der Waals surface area contributed by atoms with Crippen molar-refractivity contribution in [1.29, 1.82) is 0 Å². The molecule has 0 aliphatic heterocycles. The number of likely N-dealkylation sites (N-methyl/N-ethyl adjacent to an activating group) is 1. The Morgan fingerprint density at radius 3 is 2.39 bits per heavy atom. The SMILES string of the molecule is CNCCNS(=O)(=O)c1cc(C)c(OC)cc1C. The molecule has 0 spiro atoms. The largest absolute Gasteiger partial charge is 0.496 e. The van der Waals surface area contributed by atoms with Crippen LogP contribution in [0.15, 0.2) is 17.0 Å². The number of hydrogen-bond acceptors (Lipinski definition) is 4. The second-order valence-corrected chi connectivity index (χ2v) is 5.82. The molecule has 0 saturated carbocycles. The van der Waals surface area contributed by atoms with E-state index in [1.54, 1.807) is 33.2 Å². The van der Waals surface area contributed by atoms with Crippen LogP contribution in [-0.2, 0) is 10.0 Å². The van der Waals surface area contributed by atoms with Gasteiger partial charge in [-0.15, -0.1) is 0 Å². The molecule has 0 aromatic heterocycles. The maximum Gasteiger partial charge on any atom is 0.240 e. The Morgan fingerprint density at radius 1 is 1.17 bits per heavy atom. The zero-order chi connectivity index (χ0) is 13.8. The van der Waals surface area contributed by atoms with E-state index in [0.717, 1.165) is 5.56 Å². The number of ether oxygens (including phenoxy) is 1. The average Bonchev–Trinajstić information content (AvgIpc) is 2.31. The molecule has 0 fully saturated rings. The van der Waals surface area contributed by atoms with Gasteiger partial charge in [-0.3, -0.25) is 0 Å². The third kappa shape index (κ3) is 3.44. The van der Waals surface area contributed by atoms with Crippen LogP contribution in [0.25, 0.3) is 0 Å². The first-order valence-corrected chi connectivity index (χ1v) is 7.20. The zero-order valence-corrected chi connectivity index (χ0v) is 12.0. The fourth-order valence-corrected chi connectivity index (χ4v) is 3.00. The molecule has 0 radical (unpaired) electrons. The second kappa shape index (κ2) is 6.17. The van der Waals surface area contributed by atoms with E-state index in [1.807, 2.05) is 6.92 Å². The van der Waals surface area contributed by atoms with Gasteiger partial charge < -0.3 is 10.1 Å². The Morgan fingerprint density at radius 2 is 1.83 bits per heavy atom. The number of aryl methyl sites for hydroxylation is 2. The topological polar surface area (TPSA) is 67.4 Å². The molecule has 0 bridgehead atoms. The highest BCUT2D eigenvalue weighted by Gasteiger charge is 2.17. The van der Waals surface area contributed by atoms with Gasteiger partial charge in [-0.2, -0.15) is 0 Å². The summed E-state index contributed by atoms with van der Waals surface area (Å²) in [6.07, 6.45) is 0. The number of hydrogen-bond donors (Lipinski definition) is 2. The van der Waals surface area contributed by atoms with Crippen LogP contribution in [0.4, 0.5) is 0 Å². The molecule has 0 aliphatic rings. The second-order valence-electron chi connectivity index (χ2n) is 4.09. The molecule has 6 heteroatoms. The van der Waals surface area contributed by atoms with Gasteiger partial charge >= 0.3 is 0 Å². The first-order chi connectivity index (χ1) is 8.42. The molecule has 0 unspecified atom stereocenters. The number of sulfonamides is 1. The van der Waals surface area contributed by atoms with E-state index in [-0.39, 0.29) is 0 Å². The molecule has 102 valence electrons. The average molecular weight is 272 g/mol. The van der Waals surface area contributed by atoms with Gasteiger partial charge in [-0.25, -0.2) is 13.1 Å². The molecule has 5 nitrogen and oxygen atoms in total. The molecule has 0 heterocycles. The Labute approximate surface area is 109 Å². The number of benzene rings is 1. The summed E-state index contributed by atoms with van der Waals surface area (Å²) in [6, 6.07) is 3.37. The summed E-state index contributed by atoms with van der Waals surface area (Å²) in [5.41, 5.74) is 1.48. The van der Waals surface area contributed by atoms with Crippen molar-refractivity contribution in [2.75, 3.05) is 27.2 Å². The van der Waals surface area contributed by atoms with Crippen LogP contribution in [0.2, 0.25) is 0 Å². The number of nitrogens with one attached hydrogen (secondary N) is 2.